The second-order valence-corrected chi connectivity index (χ2v) is 6.51. The number of carboxylic acids is 1. The van der Waals surface area contributed by atoms with E-state index in [0.29, 0.717) is 21.9 Å². The lowest BCUT2D eigenvalue weighted by Gasteiger charge is -2.11. The van der Waals surface area contributed by atoms with E-state index in [-0.39, 0.29) is 11.1 Å². The highest BCUT2D eigenvalue weighted by Crippen LogP contribution is 2.35. The smallest absolute Gasteiger partial charge is 0.344 e. The van der Waals surface area contributed by atoms with Crippen LogP contribution in [-0.4, -0.2) is 28.3 Å². The van der Waals surface area contributed by atoms with Crippen LogP contribution in [0.3, 0.4) is 0 Å². The summed E-state index contributed by atoms with van der Waals surface area (Å²) in [4.78, 5) is 37.0. The quantitative estimate of drug-likeness (QED) is 0.808. The third-order valence-electron chi connectivity index (χ3n) is 3.65. The summed E-state index contributed by atoms with van der Waals surface area (Å²) in [6.45, 7) is 1.44. The van der Waals surface area contributed by atoms with Gasteiger partial charge in [-0.05, 0) is 54.6 Å². The molecule has 132 valence electrons. The van der Waals surface area contributed by atoms with Crippen LogP contribution in [0.15, 0.2) is 59.5 Å². The number of ether oxygens (including phenoxy) is 1. The maximum absolute atomic E-state index is 12.5. The average molecular weight is 369 g/mol. The first-order chi connectivity index (χ1) is 12.5. The molecular formula is C19H15NO5S. The number of carboxylic acid groups (broad SMARTS) is 1. The van der Waals surface area contributed by atoms with Crippen molar-refractivity contribution in [3.8, 4) is 5.75 Å². The number of imide groups is 1. The van der Waals surface area contributed by atoms with Crippen LogP contribution >= 0.6 is 11.8 Å². The summed E-state index contributed by atoms with van der Waals surface area (Å²) in [6.07, 6.45) is 0.668. The number of carbonyl (C=O) groups excluding carboxylic acids is 2. The van der Waals surface area contributed by atoms with E-state index in [1.165, 1.54) is 6.92 Å². The van der Waals surface area contributed by atoms with E-state index in [2.05, 4.69) is 0 Å². The number of para-hydroxylation sites is 1. The largest absolute Gasteiger partial charge is 0.479 e. The van der Waals surface area contributed by atoms with Gasteiger partial charge in [0.1, 0.15) is 5.75 Å². The van der Waals surface area contributed by atoms with Crippen molar-refractivity contribution in [2.45, 2.75) is 13.0 Å². The molecule has 0 aliphatic carbocycles. The fourth-order valence-electron chi connectivity index (χ4n) is 2.32. The van der Waals surface area contributed by atoms with E-state index in [9.17, 15) is 14.4 Å². The molecule has 3 rings (SSSR count). The van der Waals surface area contributed by atoms with E-state index in [1.54, 1.807) is 54.6 Å². The normalized spacial score (nSPS) is 16.8. The molecule has 1 fully saturated rings. The Kier molecular flexibility index (Phi) is 5.09. The van der Waals surface area contributed by atoms with E-state index >= 15 is 0 Å². The molecule has 0 aromatic heterocycles. The van der Waals surface area contributed by atoms with Crippen molar-refractivity contribution in [2.24, 2.45) is 0 Å². The van der Waals surface area contributed by atoms with Crippen molar-refractivity contribution >= 4 is 40.6 Å². The number of anilines is 1. The highest BCUT2D eigenvalue weighted by molar-refractivity contribution is 8.19. The Balaban J connectivity index is 1.77. The standard InChI is InChI=1S/C19H15NO5S/c1-12(18(22)23)25-15-9-7-13(8-10-15)11-16-17(21)20(19(24)26-16)14-5-3-2-4-6-14/h2-12H,1H3,(H,22,23)/b16-11+. The predicted molar refractivity (Wildman–Crippen MR) is 99.1 cm³/mol. The maximum Gasteiger partial charge on any atom is 0.344 e. The van der Waals surface area contributed by atoms with Crippen LogP contribution in [0.2, 0.25) is 0 Å². The van der Waals surface area contributed by atoms with Crippen LogP contribution in [-0.2, 0) is 9.59 Å². The van der Waals surface area contributed by atoms with Gasteiger partial charge in [0.25, 0.3) is 11.1 Å². The molecule has 2 amide bonds. The third kappa shape index (κ3) is 3.78. The van der Waals surface area contributed by atoms with Crippen LogP contribution in [0, 0.1) is 0 Å². The van der Waals surface area contributed by atoms with Gasteiger partial charge in [-0.25, -0.2) is 9.69 Å². The Morgan fingerprint density at radius 1 is 1.12 bits per heavy atom. The van der Waals surface area contributed by atoms with Gasteiger partial charge in [0, 0.05) is 0 Å². The fraction of sp³-hybridized carbons (Fsp3) is 0.105. The molecular weight excluding hydrogens is 354 g/mol. The van der Waals surface area contributed by atoms with Gasteiger partial charge in [-0.15, -0.1) is 0 Å². The number of amides is 2. The second kappa shape index (κ2) is 7.45. The summed E-state index contributed by atoms with van der Waals surface area (Å²) in [5.41, 5.74) is 1.24. The minimum atomic E-state index is -1.05. The first-order valence-electron chi connectivity index (χ1n) is 7.78. The van der Waals surface area contributed by atoms with Gasteiger partial charge in [0.15, 0.2) is 6.10 Å². The summed E-state index contributed by atoms with van der Waals surface area (Å²) in [7, 11) is 0. The summed E-state index contributed by atoms with van der Waals surface area (Å²) in [6, 6.07) is 15.4. The minimum Gasteiger partial charge on any atom is -0.479 e. The van der Waals surface area contributed by atoms with Gasteiger partial charge in [0.2, 0.25) is 0 Å². The average Bonchev–Trinajstić information content (AvgIpc) is 2.90. The van der Waals surface area contributed by atoms with Crippen LogP contribution in [0.25, 0.3) is 6.08 Å². The number of aliphatic carboxylic acids is 1. The van der Waals surface area contributed by atoms with Crippen molar-refractivity contribution in [1.82, 2.24) is 0 Å². The summed E-state index contributed by atoms with van der Waals surface area (Å²) in [5.74, 6) is -1.01. The SMILES string of the molecule is CC(Oc1ccc(/C=C2/SC(=O)N(c3ccccc3)C2=O)cc1)C(=O)O. The van der Waals surface area contributed by atoms with Gasteiger partial charge in [-0.1, -0.05) is 30.3 Å². The summed E-state index contributed by atoms with van der Waals surface area (Å²) >= 11 is 0.880. The molecule has 0 radical (unpaired) electrons. The van der Waals surface area contributed by atoms with Gasteiger partial charge in [-0.3, -0.25) is 9.59 Å². The molecule has 1 unspecified atom stereocenters. The van der Waals surface area contributed by atoms with Crippen molar-refractivity contribution < 1.29 is 24.2 Å². The van der Waals surface area contributed by atoms with E-state index < -0.39 is 12.1 Å². The first-order valence-corrected chi connectivity index (χ1v) is 8.60. The summed E-state index contributed by atoms with van der Waals surface area (Å²) in [5, 5.41) is 8.50. The molecule has 0 saturated carbocycles. The molecule has 6 nitrogen and oxygen atoms in total. The number of hydrogen-bond donors (Lipinski definition) is 1. The molecule has 1 N–H and O–H groups in total. The Morgan fingerprint density at radius 2 is 1.77 bits per heavy atom. The number of benzene rings is 2. The number of hydrogen-bond acceptors (Lipinski definition) is 5. The monoisotopic (exact) mass is 369 g/mol. The molecule has 2 aromatic rings. The van der Waals surface area contributed by atoms with E-state index in [4.69, 9.17) is 9.84 Å². The zero-order valence-electron chi connectivity index (χ0n) is 13.8. The number of carbonyl (C=O) groups is 3. The van der Waals surface area contributed by atoms with E-state index in [1.807, 2.05) is 6.07 Å². The molecule has 7 heteroatoms. The van der Waals surface area contributed by atoms with Gasteiger partial charge < -0.3 is 9.84 Å². The van der Waals surface area contributed by atoms with Crippen LogP contribution in [0.1, 0.15) is 12.5 Å². The van der Waals surface area contributed by atoms with Crippen LogP contribution in [0.5, 0.6) is 5.75 Å². The van der Waals surface area contributed by atoms with Crippen molar-refractivity contribution in [1.29, 1.82) is 0 Å². The summed E-state index contributed by atoms with van der Waals surface area (Å²) < 4.78 is 5.26. The van der Waals surface area contributed by atoms with Crippen LogP contribution < -0.4 is 9.64 Å². The van der Waals surface area contributed by atoms with Crippen LogP contribution in [0.4, 0.5) is 10.5 Å². The zero-order chi connectivity index (χ0) is 18.7. The Bertz CT molecular complexity index is 877. The van der Waals surface area contributed by atoms with Gasteiger partial charge >= 0.3 is 5.97 Å². The topological polar surface area (TPSA) is 83.9 Å². The van der Waals surface area contributed by atoms with Crippen molar-refractivity contribution in [3.63, 3.8) is 0 Å². The highest BCUT2D eigenvalue weighted by Gasteiger charge is 2.36. The third-order valence-corrected chi connectivity index (χ3v) is 4.52. The first kappa shape index (κ1) is 17.8. The van der Waals surface area contributed by atoms with Gasteiger partial charge in [-0.2, -0.15) is 0 Å². The Morgan fingerprint density at radius 3 is 2.38 bits per heavy atom. The van der Waals surface area contributed by atoms with E-state index in [0.717, 1.165) is 16.7 Å². The molecule has 0 spiro atoms. The lowest BCUT2D eigenvalue weighted by atomic mass is 10.2. The minimum absolute atomic E-state index is 0.325. The zero-order valence-corrected chi connectivity index (χ0v) is 14.6. The molecule has 26 heavy (non-hydrogen) atoms. The lowest BCUT2D eigenvalue weighted by Crippen LogP contribution is -2.27. The number of rotatable bonds is 5. The molecule has 0 bridgehead atoms. The molecule has 1 heterocycles. The Hall–Kier alpha value is -3.06. The van der Waals surface area contributed by atoms with Crippen molar-refractivity contribution in [2.75, 3.05) is 4.90 Å². The molecule has 1 atom stereocenters. The fourth-order valence-corrected chi connectivity index (χ4v) is 3.16. The molecule has 1 aliphatic rings. The lowest BCUT2D eigenvalue weighted by molar-refractivity contribution is -0.144. The van der Waals surface area contributed by atoms with Gasteiger partial charge in [0.05, 0.1) is 10.6 Å². The predicted octanol–water partition coefficient (Wildman–Crippen LogP) is 3.78. The van der Waals surface area contributed by atoms with Crippen molar-refractivity contribution in [3.05, 3.63) is 65.1 Å². The molecule has 1 aliphatic heterocycles. The Labute approximate surface area is 154 Å². The second-order valence-electron chi connectivity index (χ2n) is 5.52. The maximum atomic E-state index is 12.5. The number of thioether (sulfide) groups is 1. The number of nitrogens with zero attached hydrogens (tertiary/aromatic N) is 1. The molecule has 2 aromatic carbocycles. The molecule has 1 saturated heterocycles. The highest BCUT2D eigenvalue weighted by atomic mass is 32.2.